The van der Waals surface area contributed by atoms with E-state index in [4.69, 9.17) is 0 Å². The fourth-order valence-corrected chi connectivity index (χ4v) is 19.2. The molecule has 9 aliphatic carbocycles. The number of aliphatic hydroxyl groups is 3. The fraction of sp³-hybridized carbons (Fsp3) is 0.680. The Labute approximate surface area is 475 Å². The predicted molar refractivity (Wildman–Crippen MR) is 324 cm³/mol. The maximum Gasteiger partial charge on any atom is 0.131 e. The van der Waals surface area contributed by atoms with Gasteiger partial charge in [-0.25, -0.2) is 0 Å². The maximum absolute atomic E-state index is 11.5. The van der Waals surface area contributed by atoms with Crippen molar-refractivity contribution in [3.8, 4) is 35.5 Å². The third kappa shape index (κ3) is 10.3. The molecule has 6 fully saturated rings. The summed E-state index contributed by atoms with van der Waals surface area (Å²) in [4.78, 5) is 0. The molecule has 420 valence electrons. The molecule has 12 rings (SSSR count). The highest BCUT2D eigenvalue weighted by molar-refractivity contribution is 5.42. The van der Waals surface area contributed by atoms with Gasteiger partial charge in [0, 0.05) is 35.5 Å². The first-order valence-corrected chi connectivity index (χ1v) is 32.4. The van der Waals surface area contributed by atoms with Crippen molar-refractivity contribution >= 4 is 0 Å². The molecule has 15 atom stereocenters. The standard InChI is InChI=1S/3C25H34O/c3*1-4-5-6-7-14-25(26)16-13-23-22-11-9-19-17-18(2)8-10-20(19)21(22)12-15-24(23,25)3/h3*8,10,17,21-23,26H,4-6,9,11-13,15-16H2,1-3H3/t3*21-,22-,23+,24+,25+/m111/s1. The Bertz CT molecular complexity index is 2520. The lowest BCUT2D eigenvalue weighted by atomic mass is 9.53. The van der Waals surface area contributed by atoms with Gasteiger partial charge in [0.2, 0.25) is 0 Å². The molecule has 3 N–H and O–H groups in total. The molecule has 0 aromatic heterocycles. The Morgan fingerprint density at radius 1 is 0.397 bits per heavy atom. The zero-order chi connectivity index (χ0) is 55.1. The summed E-state index contributed by atoms with van der Waals surface area (Å²) in [5.74, 6) is 26.2. The van der Waals surface area contributed by atoms with Crippen molar-refractivity contribution in [3.05, 3.63) is 105 Å². The Morgan fingerprint density at radius 3 is 0.949 bits per heavy atom. The summed E-state index contributed by atoms with van der Waals surface area (Å²) in [7, 11) is 0. The molecule has 6 saturated carbocycles. The van der Waals surface area contributed by atoms with Gasteiger partial charge >= 0.3 is 0 Å². The number of benzene rings is 3. The number of hydrogen-bond acceptors (Lipinski definition) is 3. The van der Waals surface area contributed by atoms with Gasteiger partial charge in [-0.1, -0.05) is 150 Å². The zero-order valence-corrected chi connectivity index (χ0v) is 50.3. The average Bonchev–Trinajstić information content (AvgIpc) is 4.15. The van der Waals surface area contributed by atoms with Crippen LogP contribution in [0.1, 0.15) is 263 Å². The van der Waals surface area contributed by atoms with Crippen LogP contribution in [0, 0.1) is 108 Å². The van der Waals surface area contributed by atoms with Crippen LogP contribution in [-0.4, -0.2) is 32.1 Å². The summed E-state index contributed by atoms with van der Waals surface area (Å²) in [6.45, 7) is 20.3. The van der Waals surface area contributed by atoms with Crippen LogP contribution in [0.25, 0.3) is 0 Å². The predicted octanol–water partition coefficient (Wildman–Crippen LogP) is 17.3. The highest BCUT2D eigenvalue weighted by Gasteiger charge is 2.64. The van der Waals surface area contributed by atoms with Crippen LogP contribution in [0.5, 0.6) is 0 Å². The highest BCUT2D eigenvalue weighted by atomic mass is 16.3. The van der Waals surface area contributed by atoms with E-state index in [0.717, 1.165) is 114 Å². The summed E-state index contributed by atoms with van der Waals surface area (Å²) >= 11 is 0. The van der Waals surface area contributed by atoms with Gasteiger partial charge in [0.15, 0.2) is 0 Å². The summed E-state index contributed by atoms with van der Waals surface area (Å²) in [6, 6.07) is 21.3. The number of hydrogen-bond donors (Lipinski definition) is 3. The third-order valence-corrected chi connectivity index (χ3v) is 24.0. The molecule has 0 amide bonds. The molecule has 3 aromatic rings. The minimum atomic E-state index is -0.760. The molecule has 9 aliphatic rings. The van der Waals surface area contributed by atoms with Crippen LogP contribution in [0.2, 0.25) is 0 Å². The van der Waals surface area contributed by atoms with Crippen LogP contribution >= 0.6 is 0 Å². The molecule has 3 nitrogen and oxygen atoms in total. The van der Waals surface area contributed by atoms with Crippen molar-refractivity contribution in [2.75, 3.05) is 0 Å². The molecule has 0 spiro atoms. The van der Waals surface area contributed by atoms with E-state index in [1.54, 1.807) is 33.4 Å². The second kappa shape index (κ2) is 23.2. The first-order valence-electron chi connectivity index (χ1n) is 32.4. The van der Waals surface area contributed by atoms with E-state index in [1.807, 2.05) is 0 Å². The van der Waals surface area contributed by atoms with Crippen LogP contribution in [0.15, 0.2) is 54.6 Å². The van der Waals surface area contributed by atoms with E-state index in [1.165, 1.54) is 93.7 Å². The normalized spacial score (nSPS) is 37.9. The first-order chi connectivity index (χ1) is 37.4. The van der Waals surface area contributed by atoms with Crippen molar-refractivity contribution in [2.24, 2.45) is 51.8 Å². The van der Waals surface area contributed by atoms with E-state index < -0.39 is 16.8 Å². The molecule has 78 heavy (non-hydrogen) atoms. The van der Waals surface area contributed by atoms with Gasteiger partial charge in [-0.05, 0) is 242 Å². The Balaban J connectivity index is 0.000000132. The minimum absolute atomic E-state index is 0.0183. The Kier molecular flexibility index (Phi) is 17.1. The van der Waals surface area contributed by atoms with E-state index in [0.29, 0.717) is 35.5 Å². The van der Waals surface area contributed by atoms with Crippen LogP contribution < -0.4 is 0 Å². The van der Waals surface area contributed by atoms with Gasteiger partial charge < -0.3 is 15.3 Å². The van der Waals surface area contributed by atoms with Crippen molar-refractivity contribution < 1.29 is 15.3 Å². The van der Waals surface area contributed by atoms with Gasteiger partial charge in [-0.15, -0.1) is 17.8 Å². The topological polar surface area (TPSA) is 60.7 Å². The van der Waals surface area contributed by atoms with Gasteiger partial charge in [-0.3, -0.25) is 0 Å². The second-order valence-corrected chi connectivity index (χ2v) is 28.1. The van der Waals surface area contributed by atoms with Gasteiger partial charge in [0.1, 0.15) is 16.8 Å². The molecule has 0 radical (unpaired) electrons. The second-order valence-electron chi connectivity index (χ2n) is 28.1. The lowest BCUT2D eigenvalue weighted by molar-refractivity contribution is -0.0649. The van der Waals surface area contributed by atoms with E-state index >= 15 is 0 Å². The van der Waals surface area contributed by atoms with Crippen molar-refractivity contribution in [1.82, 2.24) is 0 Å². The molecule has 3 heteroatoms. The number of rotatable bonds is 6. The lowest BCUT2D eigenvalue weighted by Gasteiger charge is -2.52. The SMILES string of the molecule is CCCCC#C[C@]1(O)CC[C@H]2[C@@H]3CCc4cc(C)ccc4[C@H]3CC[C@@]21C.CCCCC#C[C@]1(O)CC[C@H]2[C@@H]3CCc4cc(C)ccc4[C@H]3CC[C@@]21C.CCCCC#C[C@]1(O)CC[C@H]2[C@@H]3CCc4cc(C)ccc4[C@H]3CC[C@@]21C. The largest absolute Gasteiger partial charge is 0.377 e. The smallest absolute Gasteiger partial charge is 0.131 e. The Hall–Kier alpha value is -3.78. The molecule has 0 bridgehead atoms. The first kappa shape index (κ1) is 57.5. The molecule has 0 saturated heterocycles. The highest BCUT2D eigenvalue weighted by Crippen LogP contribution is 2.67. The molecule has 3 aromatic carbocycles. The monoisotopic (exact) mass is 1050 g/mol. The van der Waals surface area contributed by atoms with E-state index in [-0.39, 0.29) is 16.2 Å². The Morgan fingerprint density at radius 2 is 0.679 bits per heavy atom. The average molecular weight is 1050 g/mol. The molecule has 0 unspecified atom stereocenters. The van der Waals surface area contributed by atoms with Gasteiger partial charge in [0.25, 0.3) is 0 Å². The molecular formula is C75H102O3. The summed E-state index contributed by atoms with van der Waals surface area (Å²) in [5, 5.41) is 34.5. The number of aryl methyl sites for hydroxylation is 6. The quantitative estimate of drug-likeness (QED) is 0.170. The third-order valence-electron chi connectivity index (χ3n) is 24.0. The number of unbranched alkanes of at least 4 members (excludes halogenated alkanes) is 6. The van der Waals surface area contributed by atoms with E-state index in [2.05, 4.69) is 152 Å². The van der Waals surface area contributed by atoms with E-state index in [9.17, 15) is 15.3 Å². The lowest BCUT2D eigenvalue weighted by Crippen LogP contribution is -2.50. The van der Waals surface area contributed by atoms with Crippen LogP contribution in [-0.2, 0) is 19.3 Å². The van der Waals surface area contributed by atoms with Crippen molar-refractivity contribution in [2.45, 2.75) is 270 Å². The molecule has 0 heterocycles. The molecular weight excluding hydrogens is 949 g/mol. The van der Waals surface area contributed by atoms with Gasteiger partial charge in [-0.2, -0.15) is 0 Å². The van der Waals surface area contributed by atoms with Crippen molar-refractivity contribution in [3.63, 3.8) is 0 Å². The van der Waals surface area contributed by atoms with Gasteiger partial charge in [0.05, 0.1) is 0 Å². The zero-order valence-electron chi connectivity index (χ0n) is 50.3. The van der Waals surface area contributed by atoms with Crippen molar-refractivity contribution in [1.29, 1.82) is 0 Å². The van der Waals surface area contributed by atoms with Crippen LogP contribution in [0.4, 0.5) is 0 Å². The minimum Gasteiger partial charge on any atom is -0.377 e. The summed E-state index contributed by atoms with van der Waals surface area (Å²) in [6.07, 6.45) is 30.3. The summed E-state index contributed by atoms with van der Waals surface area (Å²) in [5.41, 5.74) is 11.4. The fourth-order valence-electron chi connectivity index (χ4n) is 19.2. The van der Waals surface area contributed by atoms with Crippen LogP contribution in [0.3, 0.4) is 0 Å². The number of fused-ring (bicyclic) bond motifs is 15. The maximum atomic E-state index is 11.5. The molecule has 0 aliphatic heterocycles. The summed E-state index contributed by atoms with van der Waals surface area (Å²) < 4.78 is 0.